The maximum absolute atomic E-state index is 12.3. The molecule has 0 heterocycles. The molecule has 0 spiro atoms. The molecule has 2 rings (SSSR count). The van der Waals surface area contributed by atoms with Crippen LogP contribution in [-0.4, -0.2) is 25.0 Å². The molecule has 0 aliphatic heterocycles. The van der Waals surface area contributed by atoms with Gasteiger partial charge in [-0.15, -0.1) is 0 Å². The van der Waals surface area contributed by atoms with Crippen LogP contribution in [0.1, 0.15) is 43.6 Å². The SMILES string of the molecule is CCOc1ccccc1C(=O)NCC(=O)Nc1ccc(C(C)(C)C)cc1. The molecule has 0 radical (unpaired) electrons. The molecule has 5 nitrogen and oxygen atoms in total. The molecule has 0 saturated carbocycles. The molecule has 0 fully saturated rings. The van der Waals surface area contributed by atoms with E-state index in [9.17, 15) is 9.59 Å². The molecule has 26 heavy (non-hydrogen) atoms. The minimum absolute atomic E-state index is 0.0600. The predicted molar refractivity (Wildman–Crippen MR) is 104 cm³/mol. The van der Waals surface area contributed by atoms with Crippen molar-refractivity contribution in [2.24, 2.45) is 0 Å². The average molecular weight is 354 g/mol. The van der Waals surface area contributed by atoms with Gasteiger partial charge in [0.1, 0.15) is 5.75 Å². The van der Waals surface area contributed by atoms with Crippen LogP contribution >= 0.6 is 0 Å². The molecule has 0 unspecified atom stereocenters. The van der Waals surface area contributed by atoms with Crippen molar-refractivity contribution in [3.8, 4) is 5.75 Å². The van der Waals surface area contributed by atoms with Gasteiger partial charge < -0.3 is 15.4 Å². The molecule has 0 saturated heterocycles. The number of benzene rings is 2. The third-order valence-corrected chi connectivity index (χ3v) is 3.88. The maximum Gasteiger partial charge on any atom is 0.255 e. The highest BCUT2D eigenvalue weighted by Gasteiger charge is 2.14. The minimum Gasteiger partial charge on any atom is -0.493 e. The average Bonchev–Trinajstić information content (AvgIpc) is 2.60. The van der Waals surface area contributed by atoms with Crippen LogP contribution in [0.4, 0.5) is 5.69 Å². The molecule has 2 amide bonds. The van der Waals surface area contributed by atoms with Crippen LogP contribution in [0, 0.1) is 0 Å². The number of carbonyl (C=O) groups excluding carboxylic acids is 2. The van der Waals surface area contributed by atoms with E-state index in [0.717, 1.165) is 0 Å². The normalized spacial score (nSPS) is 10.9. The summed E-state index contributed by atoms with van der Waals surface area (Å²) in [7, 11) is 0. The Kier molecular flexibility index (Phi) is 6.39. The third-order valence-electron chi connectivity index (χ3n) is 3.88. The van der Waals surface area contributed by atoms with Crippen molar-refractivity contribution in [1.82, 2.24) is 5.32 Å². The van der Waals surface area contributed by atoms with Crippen molar-refractivity contribution >= 4 is 17.5 Å². The number of hydrogen-bond acceptors (Lipinski definition) is 3. The number of carbonyl (C=O) groups is 2. The number of rotatable bonds is 6. The first-order valence-corrected chi connectivity index (χ1v) is 8.71. The van der Waals surface area contributed by atoms with E-state index in [1.807, 2.05) is 31.2 Å². The summed E-state index contributed by atoms with van der Waals surface area (Å²) in [5.74, 6) is -0.117. The fraction of sp³-hybridized carbons (Fsp3) is 0.333. The Morgan fingerprint density at radius 3 is 2.27 bits per heavy atom. The van der Waals surface area contributed by atoms with E-state index in [-0.39, 0.29) is 23.8 Å². The molecule has 0 aliphatic carbocycles. The summed E-state index contributed by atoms with van der Waals surface area (Å²) in [6.45, 7) is 8.62. The van der Waals surface area contributed by atoms with E-state index < -0.39 is 0 Å². The zero-order valence-electron chi connectivity index (χ0n) is 15.8. The van der Waals surface area contributed by atoms with E-state index in [1.165, 1.54) is 5.56 Å². The van der Waals surface area contributed by atoms with Gasteiger partial charge in [-0.2, -0.15) is 0 Å². The zero-order chi connectivity index (χ0) is 19.2. The highest BCUT2D eigenvalue weighted by molar-refractivity contribution is 6.00. The van der Waals surface area contributed by atoms with Crippen molar-refractivity contribution in [1.29, 1.82) is 0 Å². The monoisotopic (exact) mass is 354 g/mol. The van der Waals surface area contributed by atoms with E-state index in [2.05, 4.69) is 31.4 Å². The molecule has 0 aliphatic rings. The first-order valence-electron chi connectivity index (χ1n) is 8.71. The fourth-order valence-electron chi connectivity index (χ4n) is 2.45. The predicted octanol–water partition coefficient (Wildman–Crippen LogP) is 3.75. The largest absolute Gasteiger partial charge is 0.493 e. The zero-order valence-corrected chi connectivity index (χ0v) is 15.8. The van der Waals surface area contributed by atoms with Crippen molar-refractivity contribution in [3.05, 3.63) is 59.7 Å². The Bertz CT molecular complexity index is 762. The summed E-state index contributed by atoms with van der Waals surface area (Å²) in [4.78, 5) is 24.4. The van der Waals surface area contributed by atoms with Gasteiger partial charge in [0.25, 0.3) is 5.91 Å². The molecular weight excluding hydrogens is 328 g/mol. The van der Waals surface area contributed by atoms with Gasteiger partial charge in [-0.1, -0.05) is 45.0 Å². The van der Waals surface area contributed by atoms with E-state index >= 15 is 0 Å². The Hall–Kier alpha value is -2.82. The molecule has 0 atom stereocenters. The molecule has 2 aromatic carbocycles. The van der Waals surface area contributed by atoms with Gasteiger partial charge in [0.05, 0.1) is 18.7 Å². The Morgan fingerprint density at radius 1 is 1.00 bits per heavy atom. The van der Waals surface area contributed by atoms with Crippen molar-refractivity contribution in [2.45, 2.75) is 33.1 Å². The summed E-state index contributed by atoms with van der Waals surface area (Å²) in [6.07, 6.45) is 0. The third kappa shape index (κ3) is 5.34. The first-order chi connectivity index (χ1) is 12.3. The van der Waals surface area contributed by atoms with Gasteiger partial charge in [-0.3, -0.25) is 9.59 Å². The lowest BCUT2D eigenvalue weighted by atomic mass is 9.87. The lowest BCUT2D eigenvalue weighted by Crippen LogP contribution is -2.33. The molecule has 0 bridgehead atoms. The molecule has 2 aromatic rings. The van der Waals surface area contributed by atoms with Crippen LogP contribution < -0.4 is 15.4 Å². The summed E-state index contributed by atoms with van der Waals surface area (Å²) in [5, 5.41) is 5.40. The summed E-state index contributed by atoms with van der Waals surface area (Å²) in [5.41, 5.74) is 2.37. The molecule has 2 N–H and O–H groups in total. The van der Waals surface area contributed by atoms with Gasteiger partial charge in [0.15, 0.2) is 0 Å². The fourth-order valence-corrected chi connectivity index (χ4v) is 2.45. The van der Waals surface area contributed by atoms with Gasteiger partial charge in [-0.25, -0.2) is 0 Å². The number of amides is 2. The van der Waals surface area contributed by atoms with Crippen molar-refractivity contribution in [3.63, 3.8) is 0 Å². The van der Waals surface area contributed by atoms with Crippen LogP contribution in [0.2, 0.25) is 0 Å². The van der Waals surface area contributed by atoms with Gasteiger partial charge in [-0.05, 0) is 42.2 Å². The second-order valence-electron chi connectivity index (χ2n) is 6.99. The highest BCUT2D eigenvalue weighted by atomic mass is 16.5. The van der Waals surface area contributed by atoms with Gasteiger partial charge in [0, 0.05) is 5.69 Å². The Labute approximate surface area is 154 Å². The number of para-hydroxylation sites is 1. The topological polar surface area (TPSA) is 67.4 Å². The molecule has 0 aromatic heterocycles. The highest BCUT2D eigenvalue weighted by Crippen LogP contribution is 2.23. The van der Waals surface area contributed by atoms with Gasteiger partial charge >= 0.3 is 0 Å². The van der Waals surface area contributed by atoms with Crippen LogP contribution in [-0.2, 0) is 10.2 Å². The Morgan fingerprint density at radius 2 is 1.65 bits per heavy atom. The second kappa shape index (κ2) is 8.52. The maximum atomic E-state index is 12.3. The first kappa shape index (κ1) is 19.5. The van der Waals surface area contributed by atoms with E-state index in [1.54, 1.807) is 24.3 Å². The standard InChI is InChI=1S/C21H26N2O3/c1-5-26-18-9-7-6-8-17(18)20(25)22-14-19(24)23-16-12-10-15(11-13-16)21(2,3)4/h6-13H,5,14H2,1-4H3,(H,22,25)(H,23,24). The number of hydrogen-bond donors (Lipinski definition) is 2. The summed E-state index contributed by atoms with van der Waals surface area (Å²) >= 11 is 0. The molecular formula is C21H26N2O3. The van der Waals surface area contributed by atoms with Crippen LogP contribution in [0.25, 0.3) is 0 Å². The molecule has 5 heteroatoms. The second-order valence-corrected chi connectivity index (χ2v) is 6.99. The van der Waals surface area contributed by atoms with Crippen molar-refractivity contribution in [2.75, 3.05) is 18.5 Å². The van der Waals surface area contributed by atoms with E-state index in [0.29, 0.717) is 23.6 Å². The smallest absolute Gasteiger partial charge is 0.255 e. The van der Waals surface area contributed by atoms with Gasteiger partial charge in [0.2, 0.25) is 5.91 Å². The van der Waals surface area contributed by atoms with Crippen molar-refractivity contribution < 1.29 is 14.3 Å². The van der Waals surface area contributed by atoms with Crippen LogP contribution in [0.3, 0.4) is 0 Å². The number of nitrogens with one attached hydrogen (secondary N) is 2. The lowest BCUT2D eigenvalue weighted by molar-refractivity contribution is -0.115. The molecule has 138 valence electrons. The van der Waals surface area contributed by atoms with E-state index in [4.69, 9.17) is 4.74 Å². The summed E-state index contributed by atoms with van der Waals surface area (Å²) < 4.78 is 5.44. The number of anilines is 1. The quantitative estimate of drug-likeness (QED) is 0.830. The number of ether oxygens (including phenoxy) is 1. The Balaban J connectivity index is 1.92. The summed E-state index contributed by atoms with van der Waals surface area (Å²) in [6, 6.07) is 14.7. The van der Waals surface area contributed by atoms with Crippen LogP contribution in [0.15, 0.2) is 48.5 Å². The van der Waals surface area contributed by atoms with Crippen LogP contribution in [0.5, 0.6) is 5.75 Å². The lowest BCUT2D eigenvalue weighted by Gasteiger charge is -2.19. The minimum atomic E-state index is -0.340.